The van der Waals surface area contributed by atoms with Crippen LogP contribution in [0.5, 0.6) is 0 Å². The second-order valence-corrected chi connectivity index (χ2v) is 4.49. The molecule has 1 heterocycles. The maximum absolute atomic E-state index is 9.58. The molecule has 1 rings (SSSR count). The topological polar surface area (TPSA) is 29.5 Å². The van der Waals surface area contributed by atoms with Gasteiger partial charge in [0.1, 0.15) is 0 Å². The molecule has 0 bridgehead atoms. The lowest BCUT2D eigenvalue weighted by Crippen LogP contribution is -2.18. The summed E-state index contributed by atoms with van der Waals surface area (Å²) in [6.07, 6.45) is 1.58. The smallest absolute Gasteiger partial charge is 0.0777 e. The minimum Gasteiger partial charge on any atom is -0.391 e. The first kappa shape index (κ1) is 11.7. The molecule has 0 aromatic carbocycles. The highest BCUT2D eigenvalue weighted by Crippen LogP contribution is 2.10. The zero-order valence-electron chi connectivity index (χ0n) is 8.77. The van der Waals surface area contributed by atoms with Gasteiger partial charge in [0.2, 0.25) is 0 Å². The van der Waals surface area contributed by atoms with Gasteiger partial charge < -0.3 is 9.84 Å². The molecule has 1 unspecified atom stereocenters. The molecule has 3 heteroatoms. The van der Waals surface area contributed by atoms with Crippen LogP contribution in [0.2, 0.25) is 0 Å². The molecule has 2 nitrogen and oxygen atoms in total. The quantitative estimate of drug-likeness (QED) is 0.788. The summed E-state index contributed by atoms with van der Waals surface area (Å²) >= 11 is 1.70. The van der Waals surface area contributed by atoms with Crippen LogP contribution in [0, 0.1) is 0 Å². The summed E-state index contributed by atoms with van der Waals surface area (Å²) < 4.78 is 5.33. The highest BCUT2D eigenvalue weighted by Gasteiger charge is 2.06. The third kappa shape index (κ3) is 4.74. The Bertz CT molecular complexity index is 231. The van der Waals surface area contributed by atoms with Gasteiger partial charge in [0.05, 0.1) is 18.8 Å². The van der Waals surface area contributed by atoms with Gasteiger partial charge in [-0.05, 0) is 49.1 Å². The number of ether oxygens (including phenoxy) is 1. The number of hydrogen-bond donors (Lipinski definition) is 1. The van der Waals surface area contributed by atoms with E-state index < -0.39 is 0 Å². The predicted octanol–water partition coefficient (Wildman–Crippen LogP) is 2.47. The molecule has 0 aliphatic rings. The maximum atomic E-state index is 9.58. The second-order valence-electron chi connectivity index (χ2n) is 3.71. The summed E-state index contributed by atoms with van der Waals surface area (Å²) in [5.74, 6) is 0. The molecule has 0 fully saturated rings. The van der Waals surface area contributed by atoms with Crippen LogP contribution in [-0.2, 0) is 11.2 Å². The molecule has 1 aromatic rings. The van der Waals surface area contributed by atoms with Crippen molar-refractivity contribution in [2.45, 2.75) is 38.9 Å². The number of aliphatic hydroxyl groups is 1. The Morgan fingerprint density at radius 2 is 2.29 bits per heavy atom. The fourth-order valence-electron chi connectivity index (χ4n) is 1.16. The Labute approximate surface area is 89.5 Å². The van der Waals surface area contributed by atoms with Gasteiger partial charge in [0, 0.05) is 0 Å². The van der Waals surface area contributed by atoms with E-state index in [0.29, 0.717) is 6.61 Å². The van der Waals surface area contributed by atoms with E-state index in [1.54, 1.807) is 11.3 Å². The zero-order chi connectivity index (χ0) is 10.4. The zero-order valence-corrected chi connectivity index (χ0v) is 9.59. The standard InChI is InChI=1S/C11H18O2S/c1-9(2)13-7-11(12)4-3-10-5-6-14-8-10/h5-6,8-9,11-12H,3-4,7H2,1-2H3. The van der Waals surface area contributed by atoms with E-state index in [1.807, 2.05) is 13.8 Å². The van der Waals surface area contributed by atoms with Gasteiger partial charge in [0.25, 0.3) is 0 Å². The van der Waals surface area contributed by atoms with Crippen LogP contribution in [0.25, 0.3) is 0 Å². The van der Waals surface area contributed by atoms with Gasteiger partial charge in [-0.25, -0.2) is 0 Å². The molecule has 0 spiro atoms. The summed E-state index contributed by atoms with van der Waals surface area (Å²) in [7, 11) is 0. The minimum atomic E-state index is -0.336. The molecule has 1 N–H and O–H groups in total. The summed E-state index contributed by atoms with van der Waals surface area (Å²) in [5, 5.41) is 13.8. The molecule has 1 atom stereocenters. The predicted molar refractivity (Wildman–Crippen MR) is 59.7 cm³/mol. The summed E-state index contributed by atoms with van der Waals surface area (Å²) in [6, 6.07) is 2.10. The van der Waals surface area contributed by atoms with E-state index in [-0.39, 0.29) is 12.2 Å². The molecule has 80 valence electrons. The van der Waals surface area contributed by atoms with Crippen molar-refractivity contribution < 1.29 is 9.84 Å². The minimum absolute atomic E-state index is 0.200. The van der Waals surface area contributed by atoms with Crippen LogP contribution in [-0.4, -0.2) is 23.9 Å². The summed E-state index contributed by atoms with van der Waals surface area (Å²) in [6.45, 7) is 4.40. The first-order chi connectivity index (χ1) is 6.68. The average Bonchev–Trinajstić information content (AvgIpc) is 2.63. The summed E-state index contributed by atoms with van der Waals surface area (Å²) in [5.41, 5.74) is 1.30. The molecule has 0 amide bonds. The summed E-state index contributed by atoms with van der Waals surface area (Å²) in [4.78, 5) is 0. The van der Waals surface area contributed by atoms with E-state index in [9.17, 15) is 5.11 Å². The molecule has 0 aliphatic carbocycles. The normalized spacial score (nSPS) is 13.4. The van der Waals surface area contributed by atoms with Crippen molar-refractivity contribution >= 4 is 11.3 Å². The van der Waals surface area contributed by atoms with Crippen LogP contribution in [0.1, 0.15) is 25.8 Å². The number of rotatable bonds is 6. The van der Waals surface area contributed by atoms with E-state index in [4.69, 9.17) is 4.74 Å². The number of thiophene rings is 1. The van der Waals surface area contributed by atoms with Gasteiger partial charge in [0.15, 0.2) is 0 Å². The Morgan fingerprint density at radius 1 is 1.50 bits per heavy atom. The Kier molecular flexibility index (Phi) is 5.15. The lowest BCUT2D eigenvalue weighted by molar-refractivity contribution is 0.00288. The third-order valence-electron chi connectivity index (χ3n) is 1.97. The van der Waals surface area contributed by atoms with Crippen LogP contribution in [0.3, 0.4) is 0 Å². The lowest BCUT2D eigenvalue weighted by atomic mass is 10.1. The van der Waals surface area contributed by atoms with Crippen molar-refractivity contribution in [1.29, 1.82) is 0 Å². The Hall–Kier alpha value is -0.380. The molecule has 14 heavy (non-hydrogen) atoms. The van der Waals surface area contributed by atoms with Crippen molar-refractivity contribution in [1.82, 2.24) is 0 Å². The van der Waals surface area contributed by atoms with Crippen molar-refractivity contribution in [2.24, 2.45) is 0 Å². The molecule has 0 aliphatic heterocycles. The molecule has 0 saturated carbocycles. The van der Waals surface area contributed by atoms with Crippen molar-refractivity contribution in [2.75, 3.05) is 6.61 Å². The SMILES string of the molecule is CC(C)OCC(O)CCc1ccsc1. The molecular formula is C11H18O2S. The third-order valence-corrected chi connectivity index (χ3v) is 2.70. The number of aryl methyl sites for hydroxylation is 1. The van der Waals surface area contributed by atoms with Crippen molar-refractivity contribution in [3.63, 3.8) is 0 Å². The first-order valence-electron chi connectivity index (χ1n) is 4.99. The molecule has 0 saturated heterocycles. The van der Waals surface area contributed by atoms with E-state index >= 15 is 0 Å². The number of hydrogen-bond acceptors (Lipinski definition) is 3. The van der Waals surface area contributed by atoms with Crippen LogP contribution < -0.4 is 0 Å². The van der Waals surface area contributed by atoms with Gasteiger partial charge in [-0.3, -0.25) is 0 Å². The fraction of sp³-hybridized carbons (Fsp3) is 0.636. The Balaban J connectivity index is 2.12. The lowest BCUT2D eigenvalue weighted by Gasteiger charge is -2.12. The van der Waals surface area contributed by atoms with Crippen LogP contribution in [0.4, 0.5) is 0 Å². The Morgan fingerprint density at radius 3 is 2.86 bits per heavy atom. The van der Waals surface area contributed by atoms with Crippen molar-refractivity contribution in [3.05, 3.63) is 22.4 Å². The van der Waals surface area contributed by atoms with E-state index in [0.717, 1.165) is 12.8 Å². The fourth-order valence-corrected chi connectivity index (χ4v) is 1.86. The average molecular weight is 214 g/mol. The van der Waals surface area contributed by atoms with E-state index in [2.05, 4.69) is 16.8 Å². The molecule has 1 aromatic heterocycles. The van der Waals surface area contributed by atoms with Gasteiger partial charge in [-0.15, -0.1) is 0 Å². The van der Waals surface area contributed by atoms with Crippen molar-refractivity contribution in [3.8, 4) is 0 Å². The number of aliphatic hydroxyl groups excluding tert-OH is 1. The first-order valence-corrected chi connectivity index (χ1v) is 5.93. The van der Waals surface area contributed by atoms with Crippen LogP contribution >= 0.6 is 11.3 Å². The second kappa shape index (κ2) is 6.17. The van der Waals surface area contributed by atoms with E-state index in [1.165, 1.54) is 5.56 Å². The molecular weight excluding hydrogens is 196 g/mol. The molecule has 0 radical (unpaired) electrons. The van der Waals surface area contributed by atoms with Crippen LogP contribution in [0.15, 0.2) is 16.8 Å². The highest BCUT2D eigenvalue weighted by atomic mass is 32.1. The monoisotopic (exact) mass is 214 g/mol. The van der Waals surface area contributed by atoms with Gasteiger partial charge >= 0.3 is 0 Å². The maximum Gasteiger partial charge on any atom is 0.0777 e. The highest BCUT2D eigenvalue weighted by molar-refractivity contribution is 7.07. The van der Waals surface area contributed by atoms with Gasteiger partial charge in [-0.1, -0.05) is 0 Å². The largest absolute Gasteiger partial charge is 0.391 e. The van der Waals surface area contributed by atoms with Gasteiger partial charge in [-0.2, -0.15) is 11.3 Å².